The van der Waals surface area contributed by atoms with E-state index in [9.17, 15) is 9.28 Å². The predicted octanol–water partition coefficient (Wildman–Crippen LogP) is 0.147. The van der Waals surface area contributed by atoms with Crippen molar-refractivity contribution in [2.75, 3.05) is 6.73 Å². The smallest absolute Gasteiger partial charge is 0.331 e. The zero-order valence-electron chi connectivity index (χ0n) is 4.19. The van der Waals surface area contributed by atoms with Gasteiger partial charge in [-0.3, -0.25) is 0 Å². The van der Waals surface area contributed by atoms with Crippen molar-refractivity contribution in [1.29, 1.82) is 0 Å². The van der Waals surface area contributed by atoms with Crippen LogP contribution in [0.25, 0.3) is 0 Å². The summed E-state index contributed by atoms with van der Waals surface area (Å²) in [5.41, 5.74) is 1.14. The van der Waals surface area contributed by atoms with Gasteiger partial charge in [0.2, 0.25) is 0 Å². The van der Waals surface area contributed by atoms with Gasteiger partial charge in [-0.05, 0) is 0 Å². The number of hydrogen-bond acceptors (Lipinski definition) is 3. The minimum absolute atomic E-state index is 0.426. The Morgan fingerprint density at radius 2 is 2.62 bits per heavy atom. The maximum absolute atomic E-state index is 10.9. The summed E-state index contributed by atoms with van der Waals surface area (Å²) in [4.78, 5) is 10.0. The first-order valence-electron chi connectivity index (χ1n) is 1.94. The summed E-state index contributed by atoms with van der Waals surface area (Å²) >= 11 is 0. The Bertz CT molecular complexity index is 94.0. The molecule has 0 aromatic carbocycles. The molecule has 8 heavy (non-hydrogen) atoms. The lowest BCUT2D eigenvalue weighted by atomic mass is 10.7. The molecular formula is C4H6FNO2. The number of carbonyl (C=O) groups is 1. The van der Waals surface area contributed by atoms with E-state index >= 15 is 0 Å². The van der Waals surface area contributed by atoms with Crippen LogP contribution in [0.2, 0.25) is 0 Å². The van der Waals surface area contributed by atoms with Crippen molar-refractivity contribution >= 4 is 5.97 Å². The number of ether oxygens (including phenoxy) is 1. The summed E-state index contributed by atoms with van der Waals surface area (Å²) in [5, 5.41) is 0. The normalized spacial score (nSPS) is 8.12. The third kappa shape index (κ3) is 3.30. The summed E-state index contributed by atoms with van der Waals surface area (Å²) in [6, 6.07) is 0. The van der Waals surface area contributed by atoms with E-state index in [2.05, 4.69) is 11.3 Å². The molecule has 0 saturated carbocycles. The van der Waals surface area contributed by atoms with Gasteiger partial charge >= 0.3 is 5.97 Å². The van der Waals surface area contributed by atoms with E-state index in [1.807, 2.05) is 0 Å². The summed E-state index contributed by atoms with van der Waals surface area (Å²) in [6.45, 7) is 2.66. The molecule has 0 radical (unpaired) electrons. The first-order chi connectivity index (χ1) is 3.81. The van der Waals surface area contributed by atoms with Gasteiger partial charge in [0.25, 0.3) is 0 Å². The highest BCUT2D eigenvalue weighted by Crippen LogP contribution is 1.74. The molecular weight excluding hydrogens is 113 g/mol. The van der Waals surface area contributed by atoms with Crippen LogP contribution < -0.4 is 5.54 Å². The summed E-state index contributed by atoms with van der Waals surface area (Å²) < 4.78 is 15.0. The zero-order valence-corrected chi connectivity index (χ0v) is 4.19. The molecule has 0 aliphatic rings. The Morgan fingerprint density at radius 3 is 3.00 bits per heavy atom. The second-order valence-corrected chi connectivity index (χ2v) is 0.945. The molecule has 3 nitrogen and oxygen atoms in total. The monoisotopic (exact) mass is 119 g/mol. The van der Waals surface area contributed by atoms with E-state index in [0.29, 0.717) is 0 Å². The van der Waals surface area contributed by atoms with Crippen molar-refractivity contribution in [3.05, 3.63) is 12.7 Å². The van der Waals surface area contributed by atoms with E-state index in [4.69, 9.17) is 0 Å². The number of rotatable bonds is 3. The van der Waals surface area contributed by atoms with Crippen LogP contribution in [0.1, 0.15) is 0 Å². The maximum atomic E-state index is 10.9. The zero-order chi connectivity index (χ0) is 6.41. The molecule has 0 fully saturated rings. The highest BCUT2D eigenvalue weighted by molar-refractivity contribution is 5.81. The Morgan fingerprint density at radius 1 is 2.00 bits per heavy atom. The fourth-order valence-electron chi connectivity index (χ4n) is 0.157. The van der Waals surface area contributed by atoms with Gasteiger partial charge in [0.15, 0.2) is 6.73 Å². The largest absolute Gasteiger partial charge is 0.444 e. The molecule has 0 aromatic heterocycles. The van der Waals surface area contributed by atoms with E-state index in [1.54, 1.807) is 0 Å². The van der Waals surface area contributed by atoms with E-state index in [1.165, 1.54) is 0 Å². The molecule has 4 heteroatoms. The minimum atomic E-state index is -0.643. The molecule has 46 valence electrons. The van der Waals surface area contributed by atoms with Gasteiger partial charge in [-0.25, -0.2) is 4.79 Å². The molecule has 0 unspecified atom stereocenters. The standard InChI is InChI=1S/C4H6FNO2/c1-2-4(7)8-3-6-5/h2,6H,1,3H2. The third-order valence-electron chi connectivity index (χ3n) is 0.436. The van der Waals surface area contributed by atoms with Gasteiger partial charge in [-0.15, -0.1) is 10.0 Å². The number of nitrogens with one attached hydrogen (secondary N) is 1. The molecule has 0 rings (SSSR count). The summed E-state index contributed by atoms with van der Waals surface area (Å²) in [7, 11) is 0. The fraction of sp³-hybridized carbons (Fsp3) is 0.250. The van der Waals surface area contributed by atoms with Crippen molar-refractivity contribution in [3.63, 3.8) is 0 Å². The first kappa shape index (κ1) is 7.10. The molecule has 0 spiro atoms. The van der Waals surface area contributed by atoms with Crippen LogP contribution in [0.15, 0.2) is 12.7 Å². The van der Waals surface area contributed by atoms with Crippen molar-refractivity contribution in [2.45, 2.75) is 0 Å². The first-order valence-corrected chi connectivity index (χ1v) is 1.94. The SMILES string of the molecule is C=CC(=O)OCNF. The summed E-state index contributed by atoms with van der Waals surface area (Å²) in [6.07, 6.45) is 0.956. The van der Waals surface area contributed by atoms with Crippen molar-refractivity contribution in [2.24, 2.45) is 0 Å². The Hall–Kier alpha value is -0.900. The van der Waals surface area contributed by atoms with Crippen molar-refractivity contribution in [3.8, 4) is 0 Å². The number of hydrogen-bond donors (Lipinski definition) is 1. The lowest BCUT2D eigenvalue weighted by molar-refractivity contribution is -0.139. The number of esters is 1. The second-order valence-electron chi connectivity index (χ2n) is 0.945. The average Bonchev–Trinajstić information content (AvgIpc) is 1.83. The molecule has 0 atom stereocenters. The fourth-order valence-corrected chi connectivity index (χ4v) is 0.157. The third-order valence-corrected chi connectivity index (χ3v) is 0.436. The van der Waals surface area contributed by atoms with Gasteiger partial charge in [0.1, 0.15) is 0 Å². The molecule has 0 saturated heterocycles. The lowest BCUT2D eigenvalue weighted by Gasteiger charge is -1.93. The van der Waals surface area contributed by atoms with Crippen molar-refractivity contribution in [1.82, 2.24) is 5.54 Å². The molecule has 0 bridgehead atoms. The molecule has 1 N–H and O–H groups in total. The van der Waals surface area contributed by atoms with Crippen LogP contribution in [0.3, 0.4) is 0 Å². The van der Waals surface area contributed by atoms with Gasteiger partial charge in [0.05, 0.1) is 0 Å². The van der Waals surface area contributed by atoms with E-state index < -0.39 is 12.7 Å². The molecule has 0 amide bonds. The highest BCUT2D eigenvalue weighted by atomic mass is 19.2. The van der Waals surface area contributed by atoms with Crippen LogP contribution in [0.5, 0.6) is 0 Å². The Balaban J connectivity index is 3.11. The molecule has 0 aliphatic carbocycles. The van der Waals surface area contributed by atoms with Gasteiger partial charge in [0, 0.05) is 6.08 Å². The lowest BCUT2D eigenvalue weighted by Crippen LogP contribution is -2.10. The van der Waals surface area contributed by atoms with Gasteiger partial charge in [-0.2, -0.15) is 0 Å². The average molecular weight is 119 g/mol. The van der Waals surface area contributed by atoms with E-state index in [-0.39, 0.29) is 0 Å². The summed E-state index contributed by atoms with van der Waals surface area (Å²) in [5.74, 6) is -0.643. The van der Waals surface area contributed by atoms with Gasteiger partial charge < -0.3 is 4.74 Å². The number of carbonyl (C=O) groups excluding carboxylic acids is 1. The highest BCUT2D eigenvalue weighted by Gasteiger charge is 1.90. The maximum Gasteiger partial charge on any atom is 0.331 e. The van der Waals surface area contributed by atoms with Crippen LogP contribution in [-0.2, 0) is 9.53 Å². The topological polar surface area (TPSA) is 38.3 Å². The Kier molecular flexibility index (Phi) is 3.78. The van der Waals surface area contributed by atoms with Crippen LogP contribution in [-0.4, -0.2) is 12.7 Å². The Labute approximate surface area is 46.1 Å². The van der Waals surface area contributed by atoms with E-state index in [0.717, 1.165) is 11.6 Å². The second kappa shape index (κ2) is 4.26. The van der Waals surface area contributed by atoms with Crippen LogP contribution in [0, 0.1) is 0 Å². The number of halogens is 1. The van der Waals surface area contributed by atoms with Crippen LogP contribution in [0.4, 0.5) is 4.48 Å². The van der Waals surface area contributed by atoms with Crippen molar-refractivity contribution < 1.29 is 14.0 Å². The molecule has 0 aromatic rings. The quantitative estimate of drug-likeness (QED) is 0.248. The molecule has 0 aliphatic heterocycles. The van der Waals surface area contributed by atoms with Crippen LogP contribution >= 0.6 is 0 Å². The molecule has 0 heterocycles. The predicted molar refractivity (Wildman–Crippen MR) is 25.4 cm³/mol. The van der Waals surface area contributed by atoms with Gasteiger partial charge in [-0.1, -0.05) is 6.58 Å². The minimum Gasteiger partial charge on any atom is -0.444 e.